The second-order valence-corrected chi connectivity index (χ2v) is 6.58. The number of carbonyl (C=O) groups excluding carboxylic acids is 2. The van der Waals surface area contributed by atoms with Crippen molar-refractivity contribution < 1.29 is 19.5 Å². The standard InChI is InChI=1S/C17H13N3O4S/c21-16-9-24-13-6-5-10(17(22)19-23)7-12(13)20(16)8-15-18-11-3-1-2-4-14(11)25-15/h1-7,23H,8-9H2,(H,19,22). The number of thiazole rings is 1. The molecule has 0 fully saturated rings. The molecule has 0 radical (unpaired) electrons. The third-order valence-corrected chi connectivity index (χ3v) is 4.92. The lowest BCUT2D eigenvalue weighted by atomic mass is 10.1. The van der Waals surface area contributed by atoms with E-state index in [1.54, 1.807) is 16.4 Å². The molecule has 1 aliphatic rings. The SMILES string of the molecule is O=C(NO)c1ccc2c(c1)N(Cc1nc3ccccc3s1)C(=O)CO2. The van der Waals surface area contributed by atoms with Gasteiger partial charge in [0.1, 0.15) is 10.8 Å². The van der Waals surface area contributed by atoms with Crippen molar-refractivity contribution in [2.24, 2.45) is 0 Å². The van der Waals surface area contributed by atoms with Crippen LogP contribution in [0.2, 0.25) is 0 Å². The largest absolute Gasteiger partial charge is 0.482 e. The lowest BCUT2D eigenvalue weighted by Crippen LogP contribution is -2.38. The van der Waals surface area contributed by atoms with Gasteiger partial charge < -0.3 is 4.74 Å². The molecule has 2 N–H and O–H groups in total. The molecule has 2 heterocycles. The van der Waals surface area contributed by atoms with E-state index in [2.05, 4.69) is 4.98 Å². The van der Waals surface area contributed by atoms with Gasteiger partial charge in [0.25, 0.3) is 11.8 Å². The van der Waals surface area contributed by atoms with Crippen molar-refractivity contribution in [1.82, 2.24) is 10.5 Å². The molecule has 126 valence electrons. The van der Waals surface area contributed by atoms with Crippen LogP contribution in [0.1, 0.15) is 15.4 Å². The molecule has 0 spiro atoms. The van der Waals surface area contributed by atoms with Gasteiger partial charge in [0.05, 0.1) is 22.4 Å². The highest BCUT2D eigenvalue weighted by atomic mass is 32.1. The molecule has 0 saturated carbocycles. The van der Waals surface area contributed by atoms with E-state index >= 15 is 0 Å². The normalized spacial score (nSPS) is 13.5. The first kappa shape index (κ1) is 15.6. The Kier molecular flexibility index (Phi) is 3.83. The van der Waals surface area contributed by atoms with E-state index in [1.807, 2.05) is 24.3 Å². The molecule has 1 aromatic heterocycles. The fourth-order valence-electron chi connectivity index (χ4n) is 2.70. The van der Waals surface area contributed by atoms with Gasteiger partial charge in [0.2, 0.25) is 0 Å². The van der Waals surface area contributed by atoms with Crippen LogP contribution in [0.3, 0.4) is 0 Å². The second kappa shape index (κ2) is 6.15. The van der Waals surface area contributed by atoms with Crippen molar-refractivity contribution in [2.45, 2.75) is 6.54 Å². The summed E-state index contributed by atoms with van der Waals surface area (Å²) in [5.74, 6) is -0.357. The number of hydroxylamine groups is 1. The van der Waals surface area contributed by atoms with Gasteiger partial charge in [-0.2, -0.15) is 0 Å². The molecule has 8 heteroatoms. The molecule has 25 heavy (non-hydrogen) atoms. The zero-order valence-electron chi connectivity index (χ0n) is 12.9. The van der Waals surface area contributed by atoms with Gasteiger partial charge in [-0.3, -0.25) is 19.7 Å². The number of fused-ring (bicyclic) bond motifs is 2. The molecule has 2 amide bonds. The number of amides is 2. The van der Waals surface area contributed by atoms with E-state index in [1.165, 1.54) is 23.5 Å². The summed E-state index contributed by atoms with van der Waals surface area (Å²) in [6, 6.07) is 12.4. The number of carbonyl (C=O) groups is 2. The number of aromatic nitrogens is 1. The maximum atomic E-state index is 12.4. The number of para-hydroxylation sites is 1. The third-order valence-electron chi connectivity index (χ3n) is 3.90. The Balaban J connectivity index is 1.71. The topological polar surface area (TPSA) is 91.8 Å². The van der Waals surface area contributed by atoms with Crippen LogP contribution in [0, 0.1) is 0 Å². The molecule has 7 nitrogen and oxygen atoms in total. The number of rotatable bonds is 3. The quantitative estimate of drug-likeness (QED) is 0.556. The number of hydrogen-bond acceptors (Lipinski definition) is 6. The van der Waals surface area contributed by atoms with Crippen LogP contribution >= 0.6 is 11.3 Å². The van der Waals surface area contributed by atoms with Crippen molar-refractivity contribution in [2.75, 3.05) is 11.5 Å². The van der Waals surface area contributed by atoms with Crippen molar-refractivity contribution in [3.05, 3.63) is 53.0 Å². The molecule has 0 aliphatic carbocycles. The van der Waals surface area contributed by atoms with E-state index in [4.69, 9.17) is 9.94 Å². The molecule has 0 atom stereocenters. The highest BCUT2D eigenvalue weighted by Gasteiger charge is 2.27. The number of ether oxygens (including phenoxy) is 1. The average molecular weight is 355 g/mol. The molecule has 1 aliphatic heterocycles. The van der Waals surface area contributed by atoms with Crippen LogP contribution < -0.4 is 15.1 Å². The molecule has 0 saturated heterocycles. The first-order chi connectivity index (χ1) is 12.2. The molecule has 4 rings (SSSR count). The maximum absolute atomic E-state index is 12.4. The zero-order chi connectivity index (χ0) is 17.4. The fraction of sp³-hybridized carbons (Fsp3) is 0.118. The monoisotopic (exact) mass is 355 g/mol. The fourth-order valence-corrected chi connectivity index (χ4v) is 3.66. The van der Waals surface area contributed by atoms with Crippen LogP contribution in [0.5, 0.6) is 5.75 Å². The summed E-state index contributed by atoms with van der Waals surface area (Å²) in [6.07, 6.45) is 0. The Bertz CT molecular complexity index is 952. The summed E-state index contributed by atoms with van der Waals surface area (Å²) in [5, 5.41) is 9.60. The molecular formula is C17H13N3O4S. The lowest BCUT2D eigenvalue weighted by molar-refractivity contribution is -0.121. The van der Waals surface area contributed by atoms with Gasteiger partial charge in [0, 0.05) is 5.56 Å². The highest BCUT2D eigenvalue weighted by Crippen LogP contribution is 2.35. The molecular weight excluding hydrogens is 342 g/mol. The maximum Gasteiger partial charge on any atom is 0.274 e. The minimum Gasteiger partial charge on any atom is -0.482 e. The van der Waals surface area contributed by atoms with Crippen molar-refractivity contribution in [1.29, 1.82) is 0 Å². The molecule has 0 bridgehead atoms. The van der Waals surface area contributed by atoms with E-state index in [0.717, 1.165) is 15.2 Å². The third kappa shape index (κ3) is 2.81. The van der Waals surface area contributed by atoms with E-state index in [-0.39, 0.29) is 18.1 Å². The summed E-state index contributed by atoms with van der Waals surface area (Å²) in [5.41, 5.74) is 3.19. The number of benzene rings is 2. The first-order valence-electron chi connectivity index (χ1n) is 7.52. The first-order valence-corrected chi connectivity index (χ1v) is 8.33. The summed E-state index contributed by atoms with van der Waals surface area (Å²) >= 11 is 1.52. The summed E-state index contributed by atoms with van der Waals surface area (Å²) in [4.78, 5) is 30.1. The Labute approximate surface area is 146 Å². The van der Waals surface area contributed by atoms with E-state index in [0.29, 0.717) is 18.0 Å². The van der Waals surface area contributed by atoms with E-state index in [9.17, 15) is 9.59 Å². The van der Waals surface area contributed by atoms with Gasteiger partial charge in [0.15, 0.2) is 6.61 Å². The second-order valence-electron chi connectivity index (χ2n) is 5.47. The van der Waals surface area contributed by atoms with Crippen molar-refractivity contribution in [3.8, 4) is 5.75 Å². The smallest absolute Gasteiger partial charge is 0.274 e. The Morgan fingerprint density at radius 1 is 1.32 bits per heavy atom. The highest BCUT2D eigenvalue weighted by molar-refractivity contribution is 7.18. The minimum atomic E-state index is -0.652. The van der Waals surface area contributed by atoms with Crippen LogP contribution in [0.25, 0.3) is 10.2 Å². The average Bonchev–Trinajstić information content (AvgIpc) is 3.05. The Hall–Kier alpha value is -2.97. The van der Waals surface area contributed by atoms with Gasteiger partial charge in [-0.25, -0.2) is 10.5 Å². The Morgan fingerprint density at radius 2 is 2.16 bits per heavy atom. The van der Waals surface area contributed by atoms with Crippen molar-refractivity contribution >= 4 is 39.1 Å². The number of nitrogens with one attached hydrogen (secondary N) is 1. The zero-order valence-corrected chi connectivity index (χ0v) is 13.7. The predicted molar refractivity (Wildman–Crippen MR) is 92.0 cm³/mol. The lowest BCUT2D eigenvalue weighted by Gasteiger charge is -2.29. The Morgan fingerprint density at radius 3 is 2.96 bits per heavy atom. The van der Waals surface area contributed by atoms with Gasteiger partial charge in [-0.15, -0.1) is 11.3 Å². The summed E-state index contributed by atoms with van der Waals surface area (Å²) in [7, 11) is 0. The van der Waals surface area contributed by atoms with Gasteiger partial charge in [-0.05, 0) is 30.3 Å². The summed E-state index contributed by atoms with van der Waals surface area (Å²) < 4.78 is 6.48. The molecule has 0 unspecified atom stereocenters. The van der Waals surface area contributed by atoms with Gasteiger partial charge >= 0.3 is 0 Å². The number of hydrogen-bond donors (Lipinski definition) is 2. The minimum absolute atomic E-state index is 0.0660. The van der Waals surface area contributed by atoms with Crippen LogP contribution in [0.4, 0.5) is 5.69 Å². The predicted octanol–water partition coefficient (Wildman–Crippen LogP) is 2.34. The van der Waals surface area contributed by atoms with Crippen LogP contribution in [0.15, 0.2) is 42.5 Å². The molecule has 2 aromatic carbocycles. The van der Waals surface area contributed by atoms with E-state index < -0.39 is 5.91 Å². The van der Waals surface area contributed by atoms with Crippen LogP contribution in [-0.4, -0.2) is 28.6 Å². The van der Waals surface area contributed by atoms with Gasteiger partial charge in [-0.1, -0.05) is 12.1 Å². The number of anilines is 1. The van der Waals surface area contributed by atoms with Crippen molar-refractivity contribution in [3.63, 3.8) is 0 Å². The molecule has 3 aromatic rings. The summed E-state index contributed by atoms with van der Waals surface area (Å²) in [6.45, 7) is 0.224. The van der Waals surface area contributed by atoms with Crippen LogP contribution in [-0.2, 0) is 11.3 Å². The number of nitrogens with zero attached hydrogens (tertiary/aromatic N) is 2.